The van der Waals surface area contributed by atoms with E-state index in [-0.39, 0.29) is 0 Å². The standard InChI is InChI=1S/C50H27N5S/c1-2-14-29-28(13-1)25-26-40-43(29)45-41(27-35-32-17-5-8-20-36(32)53-39-23-11-6-18-33(39)44(45)47(35)53)55(40)50-51-46-34-19-7-12-24-42(34)56-48(46)49(52-50)54-37-21-9-3-15-30(37)31-16-4-10-22-38(31)54/h1-27H. The summed E-state index contributed by atoms with van der Waals surface area (Å²) in [5.74, 6) is 1.56. The second kappa shape index (κ2) is 10.3. The summed E-state index contributed by atoms with van der Waals surface area (Å²) in [6.07, 6.45) is 0. The molecule has 0 aliphatic rings. The maximum absolute atomic E-state index is 5.72. The zero-order valence-corrected chi connectivity index (χ0v) is 30.5. The van der Waals surface area contributed by atoms with E-state index >= 15 is 0 Å². The molecule has 0 aliphatic heterocycles. The quantitative estimate of drug-likeness (QED) is 0.178. The van der Waals surface area contributed by atoms with Crippen LogP contribution in [0.3, 0.4) is 0 Å². The van der Waals surface area contributed by atoms with E-state index in [1.54, 1.807) is 11.3 Å². The third-order valence-corrected chi connectivity index (χ3v) is 13.3. The number of aromatic nitrogens is 5. The van der Waals surface area contributed by atoms with Crippen LogP contribution in [0.2, 0.25) is 0 Å². The van der Waals surface area contributed by atoms with Gasteiger partial charge in [0, 0.05) is 53.2 Å². The number of benzene rings is 8. The summed E-state index contributed by atoms with van der Waals surface area (Å²) in [6, 6.07) is 59.5. The van der Waals surface area contributed by atoms with Crippen molar-refractivity contribution >= 4 is 124 Å². The zero-order valence-electron chi connectivity index (χ0n) is 29.7. The largest absolute Gasteiger partial charge is 0.308 e. The SMILES string of the molecule is c1ccc2c(c1)ccc1c2c2c3c4ccccc4n4c5ccccc5c(cc2n1-c1nc(-n2c5ccccc5c5ccccc52)c2sc5ccccc5c2n1)c34. The molecule has 0 aliphatic carbocycles. The van der Waals surface area contributed by atoms with E-state index in [1.807, 2.05) is 0 Å². The van der Waals surface area contributed by atoms with E-state index in [4.69, 9.17) is 9.97 Å². The molecule has 0 spiro atoms. The molecule has 0 saturated carbocycles. The first kappa shape index (κ1) is 29.1. The summed E-state index contributed by atoms with van der Waals surface area (Å²) in [6.45, 7) is 0. The Hall–Kier alpha value is -7.28. The first-order chi connectivity index (χ1) is 27.8. The Morgan fingerprint density at radius 2 is 0.982 bits per heavy atom. The Kier molecular flexibility index (Phi) is 5.34. The highest BCUT2D eigenvalue weighted by Crippen LogP contribution is 2.48. The summed E-state index contributed by atoms with van der Waals surface area (Å²) in [5, 5.41) is 13.5. The fourth-order valence-corrected chi connectivity index (χ4v) is 11.1. The summed E-state index contributed by atoms with van der Waals surface area (Å²) in [4.78, 5) is 11.3. The van der Waals surface area contributed by atoms with Crippen LogP contribution in [-0.2, 0) is 0 Å². The fraction of sp³-hybridized carbons (Fsp3) is 0. The van der Waals surface area contributed by atoms with Crippen LogP contribution >= 0.6 is 11.3 Å². The molecule has 5 nitrogen and oxygen atoms in total. The Balaban J connectivity index is 1.24. The van der Waals surface area contributed by atoms with Crippen LogP contribution in [0.15, 0.2) is 164 Å². The average Bonchev–Trinajstić information content (AvgIpc) is 4.05. The summed E-state index contributed by atoms with van der Waals surface area (Å²) in [7, 11) is 0. The van der Waals surface area contributed by atoms with Gasteiger partial charge in [0.25, 0.3) is 0 Å². The molecule has 8 aromatic carbocycles. The highest BCUT2D eigenvalue weighted by Gasteiger charge is 2.27. The lowest BCUT2D eigenvalue weighted by Gasteiger charge is -2.12. The van der Waals surface area contributed by atoms with Crippen molar-refractivity contribution in [2.75, 3.05) is 0 Å². The average molecular weight is 730 g/mol. The number of para-hydroxylation sites is 4. The lowest BCUT2D eigenvalue weighted by Crippen LogP contribution is -2.06. The van der Waals surface area contributed by atoms with E-state index in [9.17, 15) is 0 Å². The van der Waals surface area contributed by atoms with E-state index in [0.29, 0.717) is 5.95 Å². The van der Waals surface area contributed by atoms with Gasteiger partial charge in [-0.05, 0) is 53.2 Å². The molecule has 6 heterocycles. The predicted molar refractivity (Wildman–Crippen MR) is 236 cm³/mol. The normalized spacial score (nSPS) is 12.6. The number of nitrogens with zero attached hydrogens (tertiary/aromatic N) is 5. The molecule has 258 valence electrons. The van der Waals surface area contributed by atoms with Crippen molar-refractivity contribution in [3.8, 4) is 11.8 Å². The van der Waals surface area contributed by atoms with Gasteiger partial charge in [-0.2, -0.15) is 4.98 Å². The maximum atomic E-state index is 5.72. The lowest BCUT2D eigenvalue weighted by molar-refractivity contribution is 0.977. The van der Waals surface area contributed by atoms with Crippen molar-refractivity contribution in [1.29, 1.82) is 0 Å². The monoisotopic (exact) mass is 729 g/mol. The Labute approximate surface area is 321 Å². The molecule has 0 unspecified atom stereocenters. The van der Waals surface area contributed by atoms with Gasteiger partial charge in [-0.1, -0.05) is 121 Å². The summed E-state index contributed by atoms with van der Waals surface area (Å²) in [5.41, 5.74) is 9.13. The van der Waals surface area contributed by atoms with Crippen LogP contribution in [0.1, 0.15) is 0 Å². The van der Waals surface area contributed by atoms with E-state index in [0.717, 1.165) is 43.5 Å². The van der Waals surface area contributed by atoms with Crippen LogP contribution in [-0.4, -0.2) is 23.5 Å². The number of rotatable bonds is 2. The third-order valence-electron chi connectivity index (χ3n) is 12.2. The molecule has 6 aromatic heterocycles. The van der Waals surface area contributed by atoms with Gasteiger partial charge in [-0.25, -0.2) is 4.98 Å². The van der Waals surface area contributed by atoms with Gasteiger partial charge in [-0.15, -0.1) is 11.3 Å². The van der Waals surface area contributed by atoms with Gasteiger partial charge in [0.1, 0.15) is 0 Å². The van der Waals surface area contributed by atoms with Crippen molar-refractivity contribution in [1.82, 2.24) is 23.5 Å². The smallest absolute Gasteiger partial charge is 0.237 e. The third kappa shape index (κ3) is 3.47. The topological polar surface area (TPSA) is 40.0 Å². The van der Waals surface area contributed by atoms with Gasteiger partial charge < -0.3 is 4.40 Å². The lowest BCUT2D eigenvalue weighted by atomic mass is 9.99. The van der Waals surface area contributed by atoms with Crippen molar-refractivity contribution in [3.63, 3.8) is 0 Å². The number of hydrogen-bond acceptors (Lipinski definition) is 3. The highest BCUT2D eigenvalue weighted by atomic mass is 32.1. The van der Waals surface area contributed by atoms with Crippen molar-refractivity contribution in [3.05, 3.63) is 164 Å². The van der Waals surface area contributed by atoms with Crippen LogP contribution in [0.4, 0.5) is 0 Å². The Bertz CT molecular complexity index is 3960. The van der Waals surface area contributed by atoms with Crippen LogP contribution in [0, 0.1) is 0 Å². The van der Waals surface area contributed by atoms with E-state index in [1.165, 1.54) is 75.1 Å². The first-order valence-electron chi connectivity index (χ1n) is 19.0. The van der Waals surface area contributed by atoms with Crippen LogP contribution in [0.5, 0.6) is 0 Å². The molecule has 56 heavy (non-hydrogen) atoms. The minimum atomic E-state index is 0.662. The minimum absolute atomic E-state index is 0.662. The summed E-state index contributed by atoms with van der Waals surface area (Å²) < 4.78 is 9.46. The molecule has 0 N–H and O–H groups in total. The molecule has 0 fully saturated rings. The first-order valence-corrected chi connectivity index (χ1v) is 19.8. The number of fused-ring (bicyclic) bond motifs is 18. The van der Waals surface area contributed by atoms with Crippen molar-refractivity contribution in [2.45, 2.75) is 0 Å². The van der Waals surface area contributed by atoms with Gasteiger partial charge in [0.15, 0.2) is 5.82 Å². The maximum Gasteiger partial charge on any atom is 0.237 e. The number of hydrogen-bond donors (Lipinski definition) is 0. The predicted octanol–water partition coefficient (Wildman–Crippen LogP) is 13.3. The van der Waals surface area contributed by atoms with Gasteiger partial charge in [0.05, 0.1) is 48.8 Å². The molecule has 0 atom stereocenters. The molecule has 14 rings (SSSR count). The second-order valence-electron chi connectivity index (χ2n) is 14.9. The van der Waals surface area contributed by atoms with Crippen molar-refractivity contribution < 1.29 is 0 Å². The van der Waals surface area contributed by atoms with E-state index in [2.05, 4.69) is 177 Å². The van der Waals surface area contributed by atoms with Gasteiger partial charge in [0.2, 0.25) is 5.95 Å². The molecule has 0 bridgehead atoms. The molecule has 0 radical (unpaired) electrons. The molecule has 6 heteroatoms. The van der Waals surface area contributed by atoms with Crippen LogP contribution < -0.4 is 0 Å². The Morgan fingerprint density at radius 3 is 1.73 bits per heavy atom. The second-order valence-corrected chi connectivity index (χ2v) is 16.0. The van der Waals surface area contributed by atoms with E-state index < -0.39 is 0 Å². The summed E-state index contributed by atoms with van der Waals surface area (Å²) >= 11 is 1.77. The molecule has 0 amide bonds. The minimum Gasteiger partial charge on any atom is -0.308 e. The molecule has 0 saturated heterocycles. The van der Waals surface area contributed by atoms with Crippen molar-refractivity contribution in [2.24, 2.45) is 0 Å². The van der Waals surface area contributed by atoms with Gasteiger partial charge >= 0.3 is 0 Å². The highest BCUT2D eigenvalue weighted by molar-refractivity contribution is 7.26. The Morgan fingerprint density at radius 1 is 0.393 bits per heavy atom. The molecular weight excluding hydrogens is 703 g/mol. The van der Waals surface area contributed by atoms with Crippen LogP contribution in [0.25, 0.3) is 125 Å². The zero-order chi connectivity index (χ0) is 36.2. The number of thiophene rings is 1. The van der Waals surface area contributed by atoms with Gasteiger partial charge in [-0.3, -0.25) is 9.13 Å². The molecule has 14 aromatic rings. The fourth-order valence-electron chi connectivity index (χ4n) is 9.96. The molecular formula is C50H27N5S.